The SMILES string of the molecule is CC1CN(C)c2ccccc2CN1C(=O)NCc1ccncc1. The second-order valence-electron chi connectivity index (χ2n) is 6.00. The molecule has 0 fully saturated rings. The molecule has 0 saturated heterocycles. The molecule has 2 aromatic rings. The third-order valence-corrected chi connectivity index (χ3v) is 4.27. The number of hydrogen-bond acceptors (Lipinski definition) is 3. The second-order valence-corrected chi connectivity index (χ2v) is 6.00. The van der Waals surface area contributed by atoms with Gasteiger partial charge in [0.15, 0.2) is 0 Å². The van der Waals surface area contributed by atoms with Gasteiger partial charge in [0.1, 0.15) is 0 Å². The van der Waals surface area contributed by atoms with Crippen molar-refractivity contribution in [2.45, 2.75) is 26.1 Å². The zero-order valence-electron chi connectivity index (χ0n) is 13.6. The van der Waals surface area contributed by atoms with Crippen LogP contribution in [0.3, 0.4) is 0 Å². The van der Waals surface area contributed by atoms with Crippen LogP contribution in [0.4, 0.5) is 10.5 Å². The van der Waals surface area contributed by atoms with Crippen LogP contribution in [0.1, 0.15) is 18.1 Å². The van der Waals surface area contributed by atoms with Crippen LogP contribution in [0.15, 0.2) is 48.8 Å². The van der Waals surface area contributed by atoms with E-state index in [0.717, 1.165) is 12.1 Å². The fourth-order valence-corrected chi connectivity index (χ4v) is 3.00. The van der Waals surface area contributed by atoms with Crippen molar-refractivity contribution in [3.8, 4) is 0 Å². The standard InChI is InChI=1S/C18H22N4O/c1-14-12-21(2)17-6-4-3-5-16(17)13-22(14)18(23)20-11-15-7-9-19-10-8-15/h3-10,14H,11-13H2,1-2H3,(H,20,23). The number of carbonyl (C=O) groups excluding carboxylic acids is 1. The number of benzene rings is 1. The quantitative estimate of drug-likeness (QED) is 0.927. The van der Waals surface area contributed by atoms with Crippen LogP contribution >= 0.6 is 0 Å². The number of anilines is 1. The molecule has 1 aromatic carbocycles. The Labute approximate surface area is 136 Å². The molecule has 5 nitrogen and oxygen atoms in total. The van der Waals surface area contributed by atoms with Gasteiger partial charge in [-0.05, 0) is 36.2 Å². The van der Waals surface area contributed by atoms with Crippen LogP contribution in [0.25, 0.3) is 0 Å². The molecule has 2 heterocycles. The van der Waals surface area contributed by atoms with Gasteiger partial charge in [0.25, 0.3) is 0 Å². The maximum absolute atomic E-state index is 12.6. The number of hydrogen-bond donors (Lipinski definition) is 1. The first-order valence-electron chi connectivity index (χ1n) is 7.87. The molecule has 1 aromatic heterocycles. The number of likely N-dealkylation sites (N-methyl/N-ethyl adjacent to an activating group) is 1. The van der Waals surface area contributed by atoms with Crippen molar-refractivity contribution in [2.75, 3.05) is 18.5 Å². The van der Waals surface area contributed by atoms with E-state index in [0.29, 0.717) is 13.1 Å². The van der Waals surface area contributed by atoms with Gasteiger partial charge in [-0.2, -0.15) is 0 Å². The summed E-state index contributed by atoms with van der Waals surface area (Å²) >= 11 is 0. The average molecular weight is 310 g/mol. The van der Waals surface area contributed by atoms with Crippen molar-refractivity contribution in [3.63, 3.8) is 0 Å². The number of pyridine rings is 1. The van der Waals surface area contributed by atoms with E-state index in [2.05, 4.69) is 41.3 Å². The molecule has 120 valence electrons. The smallest absolute Gasteiger partial charge is 0.318 e. The molecule has 1 aliphatic heterocycles. The third-order valence-electron chi connectivity index (χ3n) is 4.27. The number of urea groups is 1. The first kappa shape index (κ1) is 15.3. The Bertz CT molecular complexity index is 674. The summed E-state index contributed by atoms with van der Waals surface area (Å²) in [7, 11) is 2.08. The molecule has 1 aliphatic rings. The zero-order valence-corrected chi connectivity index (χ0v) is 13.6. The predicted octanol–water partition coefficient (Wildman–Crippen LogP) is 2.63. The number of carbonyl (C=O) groups is 1. The second kappa shape index (κ2) is 6.69. The highest BCUT2D eigenvalue weighted by atomic mass is 16.2. The van der Waals surface area contributed by atoms with Crippen LogP contribution < -0.4 is 10.2 Å². The van der Waals surface area contributed by atoms with Gasteiger partial charge < -0.3 is 15.1 Å². The Balaban J connectivity index is 1.72. The number of nitrogens with zero attached hydrogens (tertiary/aromatic N) is 3. The van der Waals surface area contributed by atoms with Gasteiger partial charge in [-0.3, -0.25) is 4.98 Å². The lowest BCUT2D eigenvalue weighted by molar-refractivity contribution is 0.178. The minimum atomic E-state index is -0.0283. The monoisotopic (exact) mass is 310 g/mol. The summed E-state index contributed by atoms with van der Waals surface area (Å²) in [4.78, 5) is 20.7. The highest BCUT2D eigenvalue weighted by molar-refractivity contribution is 5.75. The number of rotatable bonds is 2. The summed E-state index contributed by atoms with van der Waals surface area (Å²) in [6, 6.07) is 12.2. The molecule has 0 saturated carbocycles. The topological polar surface area (TPSA) is 48.5 Å². The molecular weight excluding hydrogens is 288 g/mol. The van der Waals surface area contributed by atoms with Gasteiger partial charge in [0.2, 0.25) is 0 Å². The number of aromatic nitrogens is 1. The molecule has 1 unspecified atom stereocenters. The fourth-order valence-electron chi connectivity index (χ4n) is 3.00. The minimum Gasteiger partial charge on any atom is -0.372 e. The third kappa shape index (κ3) is 3.44. The highest BCUT2D eigenvalue weighted by Crippen LogP contribution is 2.25. The maximum atomic E-state index is 12.6. The first-order valence-corrected chi connectivity index (χ1v) is 7.87. The van der Waals surface area contributed by atoms with Crippen molar-refractivity contribution in [1.29, 1.82) is 0 Å². The summed E-state index contributed by atoms with van der Waals surface area (Å²) < 4.78 is 0. The van der Waals surface area contributed by atoms with Crippen molar-refractivity contribution in [1.82, 2.24) is 15.2 Å². The van der Waals surface area contributed by atoms with Crippen molar-refractivity contribution in [3.05, 3.63) is 59.9 Å². The molecule has 23 heavy (non-hydrogen) atoms. The van der Waals surface area contributed by atoms with E-state index < -0.39 is 0 Å². The van der Waals surface area contributed by atoms with E-state index in [1.54, 1.807) is 12.4 Å². The van der Waals surface area contributed by atoms with Gasteiger partial charge in [0.05, 0.1) is 0 Å². The Kier molecular flexibility index (Phi) is 4.46. The van der Waals surface area contributed by atoms with Crippen LogP contribution in [0.5, 0.6) is 0 Å². The van der Waals surface area contributed by atoms with E-state index in [9.17, 15) is 4.79 Å². The first-order chi connectivity index (χ1) is 11.1. The lowest BCUT2D eigenvalue weighted by Gasteiger charge is -2.28. The van der Waals surface area contributed by atoms with Crippen LogP contribution in [-0.4, -0.2) is 35.5 Å². The highest BCUT2D eigenvalue weighted by Gasteiger charge is 2.26. The molecule has 1 atom stereocenters. The van der Waals surface area contributed by atoms with Gasteiger partial charge >= 0.3 is 6.03 Å². The van der Waals surface area contributed by atoms with Gasteiger partial charge in [0, 0.05) is 50.8 Å². The summed E-state index contributed by atoms with van der Waals surface area (Å²) in [5, 5.41) is 3.01. The van der Waals surface area contributed by atoms with E-state index in [4.69, 9.17) is 0 Å². The average Bonchev–Trinajstić information content (AvgIpc) is 2.70. The van der Waals surface area contributed by atoms with Crippen molar-refractivity contribution >= 4 is 11.7 Å². The molecule has 0 spiro atoms. The largest absolute Gasteiger partial charge is 0.372 e. The summed E-state index contributed by atoms with van der Waals surface area (Å²) in [6.07, 6.45) is 3.47. The molecule has 0 aliphatic carbocycles. The molecule has 0 radical (unpaired) electrons. The van der Waals surface area contributed by atoms with E-state index in [1.165, 1.54) is 11.3 Å². The van der Waals surface area contributed by atoms with Gasteiger partial charge in [-0.25, -0.2) is 4.79 Å². The molecule has 0 bridgehead atoms. The Morgan fingerprint density at radius 1 is 1.26 bits per heavy atom. The number of para-hydroxylation sites is 1. The van der Waals surface area contributed by atoms with Gasteiger partial charge in [-0.1, -0.05) is 18.2 Å². The lowest BCUT2D eigenvalue weighted by Crippen LogP contribution is -2.46. The number of nitrogens with one attached hydrogen (secondary N) is 1. The van der Waals surface area contributed by atoms with Crippen LogP contribution in [-0.2, 0) is 13.1 Å². The van der Waals surface area contributed by atoms with E-state index in [-0.39, 0.29) is 12.1 Å². The normalized spacial score (nSPS) is 17.4. The molecule has 5 heteroatoms. The minimum absolute atomic E-state index is 0.0283. The maximum Gasteiger partial charge on any atom is 0.318 e. The van der Waals surface area contributed by atoms with Crippen molar-refractivity contribution in [2.24, 2.45) is 0 Å². The summed E-state index contributed by atoms with van der Waals surface area (Å²) in [5.41, 5.74) is 3.43. The molecule has 2 amide bonds. The lowest BCUT2D eigenvalue weighted by atomic mass is 10.1. The Morgan fingerprint density at radius 2 is 2.00 bits per heavy atom. The predicted molar refractivity (Wildman–Crippen MR) is 91.2 cm³/mol. The summed E-state index contributed by atoms with van der Waals surface area (Å²) in [6.45, 7) is 4.06. The van der Waals surface area contributed by atoms with Gasteiger partial charge in [-0.15, -0.1) is 0 Å². The Morgan fingerprint density at radius 3 is 2.78 bits per heavy atom. The zero-order chi connectivity index (χ0) is 16.2. The van der Waals surface area contributed by atoms with Crippen LogP contribution in [0, 0.1) is 0 Å². The van der Waals surface area contributed by atoms with Crippen LogP contribution in [0.2, 0.25) is 0 Å². The molecular formula is C18H22N4O. The molecule has 3 rings (SSSR count). The van der Waals surface area contributed by atoms with Crippen molar-refractivity contribution < 1.29 is 4.79 Å². The van der Waals surface area contributed by atoms with E-state index >= 15 is 0 Å². The number of fused-ring (bicyclic) bond motifs is 1. The summed E-state index contributed by atoms with van der Waals surface area (Å²) in [5.74, 6) is 0. The fraction of sp³-hybridized carbons (Fsp3) is 0.333. The number of amides is 2. The van der Waals surface area contributed by atoms with E-state index in [1.807, 2.05) is 29.2 Å². The Hall–Kier alpha value is -2.56. The molecule has 1 N–H and O–H groups in total.